The van der Waals surface area contributed by atoms with Crippen LogP contribution in [0.5, 0.6) is 5.75 Å². The molecule has 5 nitrogen and oxygen atoms in total. The van der Waals surface area contributed by atoms with Gasteiger partial charge in [-0.15, -0.1) is 12.4 Å². The van der Waals surface area contributed by atoms with E-state index in [1.165, 1.54) is 24.3 Å². The van der Waals surface area contributed by atoms with Gasteiger partial charge in [0.2, 0.25) is 0 Å². The Balaban J connectivity index is 0.00000242. The van der Waals surface area contributed by atoms with Crippen LogP contribution in [0.1, 0.15) is 16.3 Å². The number of carbonyl (C=O) groups is 1. The fourth-order valence-electron chi connectivity index (χ4n) is 1.65. The molecule has 7 heteroatoms. The maximum atomic E-state index is 12.7. The Kier molecular flexibility index (Phi) is 7.42. The first-order valence-electron chi connectivity index (χ1n) is 6.59. The fourth-order valence-corrected chi connectivity index (χ4v) is 1.65. The Morgan fingerprint density at radius 2 is 1.91 bits per heavy atom. The third-order valence-corrected chi connectivity index (χ3v) is 2.74. The molecule has 0 bridgehead atoms. The highest BCUT2D eigenvalue weighted by atomic mass is 35.5. The van der Waals surface area contributed by atoms with E-state index in [4.69, 9.17) is 9.15 Å². The Bertz CT molecular complexity index is 587. The molecule has 2 aromatic rings. The van der Waals surface area contributed by atoms with E-state index in [-0.39, 0.29) is 36.5 Å². The quantitative estimate of drug-likeness (QED) is 0.766. The van der Waals surface area contributed by atoms with Gasteiger partial charge in [0.15, 0.2) is 5.76 Å². The van der Waals surface area contributed by atoms with E-state index in [0.717, 1.165) is 0 Å². The van der Waals surface area contributed by atoms with Gasteiger partial charge in [-0.3, -0.25) is 4.79 Å². The van der Waals surface area contributed by atoms with Crippen molar-refractivity contribution in [2.45, 2.75) is 6.61 Å². The summed E-state index contributed by atoms with van der Waals surface area (Å²) in [6, 6.07) is 8.97. The minimum Gasteiger partial charge on any atom is -0.486 e. The van der Waals surface area contributed by atoms with Gasteiger partial charge in [-0.2, -0.15) is 0 Å². The lowest BCUT2D eigenvalue weighted by Crippen LogP contribution is -2.30. The summed E-state index contributed by atoms with van der Waals surface area (Å²) in [5.41, 5.74) is 0. The van der Waals surface area contributed by atoms with Gasteiger partial charge < -0.3 is 19.8 Å². The van der Waals surface area contributed by atoms with E-state index in [0.29, 0.717) is 24.6 Å². The zero-order valence-electron chi connectivity index (χ0n) is 12.1. The number of benzene rings is 1. The molecule has 120 valence electrons. The van der Waals surface area contributed by atoms with Crippen molar-refractivity contribution in [2.75, 3.05) is 20.1 Å². The third-order valence-electron chi connectivity index (χ3n) is 2.74. The Morgan fingerprint density at radius 3 is 2.59 bits per heavy atom. The van der Waals surface area contributed by atoms with Crippen LogP contribution in [-0.4, -0.2) is 26.0 Å². The average Bonchev–Trinajstić information content (AvgIpc) is 2.96. The first kappa shape index (κ1) is 18.0. The lowest BCUT2D eigenvalue weighted by molar-refractivity contribution is 0.0922. The number of rotatable bonds is 7. The van der Waals surface area contributed by atoms with Gasteiger partial charge in [0.05, 0.1) is 0 Å². The Hall–Kier alpha value is -2.05. The van der Waals surface area contributed by atoms with E-state index in [1.54, 1.807) is 12.1 Å². The lowest BCUT2D eigenvalue weighted by atomic mass is 10.3. The van der Waals surface area contributed by atoms with Gasteiger partial charge in [0, 0.05) is 13.1 Å². The molecule has 1 aromatic heterocycles. The second-order valence-electron chi connectivity index (χ2n) is 4.37. The number of hydrogen-bond acceptors (Lipinski definition) is 4. The first-order chi connectivity index (χ1) is 10.2. The first-order valence-corrected chi connectivity index (χ1v) is 6.59. The number of furan rings is 1. The summed E-state index contributed by atoms with van der Waals surface area (Å²) >= 11 is 0. The normalized spacial score (nSPS) is 9.91. The van der Waals surface area contributed by atoms with Crippen molar-refractivity contribution in [1.29, 1.82) is 0 Å². The largest absolute Gasteiger partial charge is 0.486 e. The highest BCUT2D eigenvalue weighted by Crippen LogP contribution is 2.15. The summed E-state index contributed by atoms with van der Waals surface area (Å²) in [5.74, 6) is 0.717. The highest BCUT2D eigenvalue weighted by Gasteiger charge is 2.10. The molecule has 2 N–H and O–H groups in total. The average molecular weight is 329 g/mol. The van der Waals surface area contributed by atoms with Gasteiger partial charge >= 0.3 is 0 Å². The number of ether oxygens (including phenoxy) is 1. The van der Waals surface area contributed by atoms with E-state index >= 15 is 0 Å². The van der Waals surface area contributed by atoms with Gasteiger partial charge in [-0.05, 0) is 43.4 Å². The minimum absolute atomic E-state index is 0. The SMILES string of the molecule is CNCCNC(=O)c1ccc(COc2ccc(F)cc2)o1.Cl. The number of hydrogen-bond donors (Lipinski definition) is 2. The fraction of sp³-hybridized carbons (Fsp3) is 0.267. The van der Waals surface area contributed by atoms with Gasteiger partial charge in [0.25, 0.3) is 5.91 Å². The predicted molar refractivity (Wildman–Crippen MR) is 82.9 cm³/mol. The summed E-state index contributed by atoms with van der Waals surface area (Å²) in [7, 11) is 1.81. The van der Waals surface area contributed by atoms with Gasteiger partial charge in [-0.25, -0.2) is 4.39 Å². The molecule has 22 heavy (non-hydrogen) atoms. The molecule has 0 spiro atoms. The topological polar surface area (TPSA) is 63.5 Å². The van der Waals surface area contributed by atoms with Gasteiger partial charge in [0.1, 0.15) is 23.9 Å². The van der Waals surface area contributed by atoms with Crippen LogP contribution in [0.2, 0.25) is 0 Å². The van der Waals surface area contributed by atoms with E-state index in [2.05, 4.69) is 10.6 Å². The molecule has 0 fully saturated rings. The van der Waals surface area contributed by atoms with Crippen molar-refractivity contribution < 1.29 is 18.3 Å². The van der Waals surface area contributed by atoms with Crippen LogP contribution in [0.15, 0.2) is 40.8 Å². The molecular weight excluding hydrogens is 311 g/mol. The molecule has 1 aromatic carbocycles. The van der Waals surface area contributed by atoms with E-state index < -0.39 is 0 Å². The smallest absolute Gasteiger partial charge is 0.287 e. The predicted octanol–water partition coefficient (Wildman–Crippen LogP) is 2.37. The second-order valence-corrected chi connectivity index (χ2v) is 4.37. The van der Waals surface area contributed by atoms with Crippen LogP contribution in [-0.2, 0) is 6.61 Å². The van der Waals surface area contributed by atoms with Crippen LogP contribution in [0.3, 0.4) is 0 Å². The van der Waals surface area contributed by atoms with Crippen molar-refractivity contribution in [2.24, 2.45) is 0 Å². The molecule has 0 saturated heterocycles. The van der Waals surface area contributed by atoms with Crippen LogP contribution in [0.25, 0.3) is 0 Å². The molecule has 1 heterocycles. The Labute approximate surface area is 134 Å². The monoisotopic (exact) mass is 328 g/mol. The Morgan fingerprint density at radius 1 is 1.18 bits per heavy atom. The van der Waals surface area contributed by atoms with Crippen molar-refractivity contribution in [3.05, 3.63) is 53.7 Å². The number of carbonyl (C=O) groups excluding carboxylic acids is 1. The standard InChI is InChI=1S/C15H17FN2O3.ClH/c1-17-8-9-18-15(19)14-7-6-13(21-14)10-20-12-4-2-11(16)3-5-12;/h2-7,17H,8-10H2,1H3,(H,18,19);1H. The van der Waals surface area contributed by atoms with Crippen LogP contribution >= 0.6 is 12.4 Å². The van der Waals surface area contributed by atoms with Crippen molar-refractivity contribution >= 4 is 18.3 Å². The zero-order chi connectivity index (χ0) is 15.1. The maximum Gasteiger partial charge on any atom is 0.287 e. The molecule has 0 saturated carbocycles. The summed E-state index contributed by atoms with van der Waals surface area (Å²) in [6.45, 7) is 1.39. The molecule has 0 aliphatic heterocycles. The molecule has 1 amide bonds. The van der Waals surface area contributed by atoms with Crippen LogP contribution < -0.4 is 15.4 Å². The molecule has 0 unspecified atom stereocenters. The summed E-state index contributed by atoms with van der Waals surface area (Å²) in [6.07, 6.45) is 0. The number of amides is 1. The molecule has 2 rings (SSSR count). The van der Waals surface area contributed by atoms with Crippen molar-refractivity contribution in [3.8, 4) is 5.75 Å². The summed E-state index contributed by atoms with van der Waals surface area (Å²) < 4.78 is 23.6. The third kappa shape index (κ3) is 5.38. The molecule has 0 atom stereocenters. The molecule has 0 aliphatic carbocycles. The minimum atomic E-state index is -0.319. The number of halogens is 2. The van der Waals surface area contributed by atoms with Crippen LogP contribution in [0, 0.1) is 5.82 Å². The zero-order valence-corrected chi connectivity index (χ0v) is 12.9. The number of nitrogens with one attached hydrogen (secondary N) is 2. The highest BCUT2D eigenvalue weighted by molar-refractivity contribution is 5.91. The van der Waals surface area contributed by atoms with E-state index in [9.17, 15) is 9.18 Å². The molecule has 0 radical (unpaired) electrons. The summed E-state index contributed by atoms with van der Waals surface area (Å²) in [5, 5.41) is 5.65. The maximum absolute atomic E-state index is 12.7. The van der Waals surface area contributed by atoms with Crippen molar-refractivity contribution in [3.63, 3.8) is 0 Å². The molecular formula is C15H18ClFN2O3. The van der Waals surface area contributed by atoms with Crippen molar-refractivity contribution in [1.82, 2.24) is 10.6 Å². The summed E-state index contributed by atoms with van der Waals surface area (Å²) in [4.78, 5) is 11.7. The van der Waals surface area contributed by atoms with Crippen LogP contribution in [0.4, 0.5) is 4.39 Å². The second kappa shape index (κ2) is 9.07. The molecule has 0 aliphatic rings. The number of likely N-dealkylation sites (N-methyl/N-ethyl adjacent to an activating group) is 1. The lowest BCUT2D eigenvalue weighted by Gasteiger charge is -2.04. The van der Waals surface area contributed by atoms with Gasteiger partial charge in [-0.1, -0.05) is 0 Å². The van der Waals surface area contributed by atoms with E-state index in [1.807, 2.05) is 7.05 Å².